The van der Waals surface area contributed by atoms with E-state index in [0.717, 1.165) is 12.8 Å². The van der Waals surface area contributed by atoms with Gasteiger partial charge in [0.15, 0.2) is 0 Å². The number of hydrogen-bond acceptors (Lipinski definition) is 4. The van der Waals surface area contributed by atoms with Crippen LogP contribution in [0.5, 0.6) is 0 Å². The monoisotopic (exact) mass is 399 g/mol. The summed E-state index contributed by atoms with van der Waals surface area (Å²) in [6.07, 6.45) is 2.99. The van der Waals surface area contributed by atoms with Crippen molar-refractivity contribution in [3.63, 3.8) is 0 Å². The van der Waals surface area contributed by atoms with Crippen molar-refractivity contribution in [2.75, 3.05) is 6.61 Å². The molecular weight excluding hydrogens is 373 g/mol. The molecule has 1 N–H and O–H groups in total. The molecule has 0 radical (unpaired) electrons. The van der Waals surface area contributed by atoms with Crippen LogP contribution in [0.25, 0.3) is 11.4 Å². The highest BCUT2D eigenvalue weighted by atomic mass is 19.1. The van der Waals surface area contributed by atoms with E-state index in [9.17, 15) is 14.0 Å². The Bertz CT molecular complexity index is 939. The molecule has 2 aliphatic heterocycles. The van der Waals surface area contributed by atoms with E-state index in [1.165, 1.54) is 12.1 Å². The smallest absolute Gasteiger partial charge is 0.314 e. The SMILES string of the molecule is CCOC(=O)[C@@]1(CC)C[C@H]2CC[C@@H]1N2C(=O)c1nc(-c2ccc(F)cc2)[nH]c1C. The highest BCUT2D eigenvalue weighted by Gasteiger charge is 2.61. The number of halogens is 1. The van der Waals surface area contributed by atoms with E-state index in [2.05, 4.69) is 9.97 Å². The Kier molecular flexibility index (Phi) is 4.92. The number of ether oxygens (including phenoxy) is 1. The summed E-state index contributed by atoms with van der Waals surface area (Å²) in [7, 11) is 0. The van der Waals surface area contributed by atoms with Gasteiger partial charge in [-0.25, -0.2) is 9.37 Å². The van der Waals surface area contributed by atoms with Crippen LogP contribution in [0.15, 0.2) is 24.3 Å². The number of nitrogens with zero attached hydrogens (tertiary/aromatic N) is 2. The molecule has 1 aromatic carbocycles. The fourth-order valence-electron chi connectivity index (χ4n) is 5.04. The van der Waals surface area contributed by atoms with Gasteiger partial charge in [-0.1, -0.05) is 6.92 Å². The number of rotatable bonds is 5. The molecule has 2 bridgehead atoms. The number of amides is 1. The van der Waals surface area contributed by atoms with Gasteiger partial charge in [0.05, 0.1) is 12.0 Å². The van der Waals surface area contributed by atoms with Crippen LogP contribution in [-0.4, -0.2) is 45.4 Å². The number of aromatic amines is 1. The van der Waals surface area contributed by atoms with Crippen molar-refractivity contribution < 1.29 is 18.7 Å². The highest BCUT2D eigenvalue weighted by molar-refractivity contribution is 5.96. The third-order valence-corrected chi connectivity index (χ3v) is 6.49. The number of esters is 1. The first-order valence-electron chi connectivity index (χ1n) is 10.2. The molecule has 154 valence electrons. The predicted molar refractivity (Wildman–Crippen MR) is 106 cm³/mol. The maximum Gasteiger partial charge on any atom is 0.314 e. The lowest BCUT2D eigenvalue weighted by molar-refractivity contribution is -0.157. The average molecular weight is 399 g/mol. The standard InChI is InChI=1S/C22H26FN3O3/c1-4-22(21(28)29-5-2)12-16-10-11-17(22)26(16)20(27)18-13(3)24-19(25-18)14-6-8-15(23)9-7-14/h6-9,16-17H,4-5,10-12H2,1-3H3,(H,24,25)/t16-,17+,22+/m1/s1. The first-order chi connectivity index (χ1) is 13.9. The third-order valence-electron chi connectivity index (χ3n) is 6.49. The second kappa shape index (κ2) is 7.28. The Morgan fingerprint density at radius 2 is 2.00 bits per heavy atom. The predicted octanol–water partition coefficient (Wildman–Crippen LogP) is 3.86. The summed E-state index contributed by atoms with van der Waals surface area (Å²) in [5.74, 6) is -0.140. The molecule has 0 unspecified atom stereocenters. The van der Waals surface area contributed by atoms with E-state index in [4.69, 9.17) is 4.74 Å². The lowest BCUT2D eigenvalue weighted by Crippen LogP contribution is -2.45. The van der Waals surface area contributed by atoms with Crippen LogP contribution in [-0.2, 0) is 9.53 Å². The van der Waals surface area contributed by atoms with Crippen molar-refractivity contribution in [2.24, 2.45) is 5.41 Å². The number of carbonyl (C=O) groups excluding carboxylic acids is 2. The molecule has 2 saturated heterocycles. The van der Waals surface area contributed by atoms with Crippen LogP contribution >= 0.6 is 0 Å². The fourth-order valence-corrected chi connectivity index (χ4v) is 5.04. The maximum absolute atomic E-state index is 13.4. The van der Waals surface area contributed by atoms with Gasteiger partial charge in [0, 0.05) is 23.3 Å². The Hall–Kier alpha value is -2.70. The van der Waals surface area contributed by atoms with Gasteiger partial charge in [-0.3, -0.25) is 9.59 Å². The van der Waals surface area contributed by atoms with E-state index in [1.807, 2.05) is 18.7 Å². The second-order valence-corrected chi connectivity index (χ2v) is 7.96. The summed E-state index contributed by atoms with van der Waals surface area (Å²) in [6, 6.07) is 5.86. The number of benzene rings is 1. The maximum atomic E-state index is 13.4. The van der Waals surface area contributed by atoms with Gasteiger partial charge in [-0.15, -0.1) is 0 Å². The van der Waals surface area contributed by atoms with Gasteiger partial charge in [-0.2, -0.15) is 0 Å². The van der Waals surface area contributed by atoms with Crippen molar-refractivity contribution in [2.45, 2.75) is 58.5 Å². The number of H-pyrrole nitrogens is 1. The molecule has 2 aromatic rings. The molecule has 3 heterocycles. The molecule has 1 aromatic heterocycles. The van der Waals surface area contributed by atoms with Gasteiger partial charge in [-0.05, 0) is 63.8 Å². The van der Waals surface area contributed by atoms with E-state index in [0.29, 0.717) is 42.2 Å². The molecule has 0 spiro atoms. The molecule has 1 amide bonds. The highest BCUT2D eigenvalue weighted by Crippen LogP contribution is 2.52. The molecule has 0 saturated carbocycles. The summed E-state index contributed by atoms with van der Waals surface area (Å²) >= 11 is 0. The summed E-state index contributed by atoms with van der Waals surface area (Å²) in [4.78, 5) is 35.7. The lowest BCUT2D eigenvalue weighted by atomic mass is 9.72. The van der Waals surface area contributed by atoms with E-state index in [1.54, 1.807) is 19.1 Å². The van der Waals surface area contributed by atoms with Crippen molar-refractivity contribution in [3.05, 3.63) is 41.5 Å². The van der Waals surface area contributed by atoms with Crippen LogP contribution in [0.4, 0.5) is 4.39 Å². The van der Waals surface area contributed by atoms with Gasteiger partial charge >= 0.3 is 5.97 Å². The fraction of sp³-hybridized carbons (Fsp3) is 0.500. The summed E-state index contributed by atoms with van der Waals surface area (Å²) < 4.78 is 18.6. The van der Waals surface area contributed by atoms with Crippen molar-refractivity contribution in [1.29, 1.82) is 0 Å². The molecule has 2 fully saturated rings. The van der Waals surface area contributed by atoms with Crippen LogP contribution in [0, 0.1) is 18.2 Å². The quantitative estimate of drug-likeness (QED) is 0.775. The van der Waals surface area contributed by atoms with Crippen LogP contribution in [0.2, 0.25) is 0 Å². The van der Waals surface area contributed by atoms with E-state index >= 15 is 0 Å². The van der Waals surface area contributed by atoms with Gasteiger partial charge in [0.1, 0.15) is 17.3 Å². The molecular formula is C22H26FN3O3. The Labute approximate surface area is 169 Å². The lowest BCUT2D eigenvalue weighted by Gasteiger charge is -2.34. The number of fused-ring (bicyclic) bond motifs is 2. The minimum absolute atomic E-state index is 0.0298. The van der Waals surface area contributed by atoms with Crippen LogP contribution < -0.4 is 0 Å². The summed E-state index contributed by atoms with van der Waals surface area (Å²) in [5, 5.41) is 0. The minimum Gasteiger partial charge on any atom is -0.466 e. The van der Waals surface area contributed by atoms with Crippen LogP contribution in [0.1, 0.15) is 55.7 Å². The zero-order valence-electron chi connectivity index (χ0n) is 17.0. The number of aryl methyl sites for hydroxylation is 1. The van der Waals surface area contributed by atoms with Gasteiger partial charge in [0.2, 0.25) is 0 Å². The molecule has 7 heteroatoms. The first-order valence-corrected chi connectivity index (χ1v) is 10.2. The normalized spacial score (nSPS) is 25.4. The number of imidazole rings is 1. The number of hydrogen-bond donors (Lipinski definition) is 1. The molecule has 4 rings (SSSR count). The van der Waals surface area contributed by atoms with Crippen molar-refractivity contribution >= 4 is 11.9 Å². The minimum atomic E-state index is -0.626. The Morgan fingerprint density at radius 3 is 2.66 bits per heavy atom. The molecule has 3 atom stereocenters. The van der Waals surface area contributed by atoms with Gasteiger partial charge in [0.25, 0.3) is 5.91 Å². The largest absolute Gasteiger partial charge is 0.466 e. The van der Waals surface area contributed by atoms with Crippen molar-refractivity contribution in [3.8, 4) is 11.4 Å². The van der Waals surface area contributed by atoms with Crippen LogP contribution in [0.3, 0.4) is 0 Å². The second-order valence-electron chi connectivity index (χ2n) is 7.96. The molecule has 2 aliphatic rings. The third kappa shape index (κ3) is 3.03. The summed E-state index contributed by atoms with van der Waals surface area (Å²) in [5.41, 5.74) is 1.11. The van der Waals surface area contributed by atoms with E-state index < -0.39 is 5.41 Å². The van der Waals surface area contributed by atoms with Gasteiger partial charge < -0.3 is 14.6 Å². The zero-order valence-corrected chi connectivity index (χ0v) is 17.0. The molecule has 29 heavy (non-hydrogen) atoms. The molecule has 0 aliphatic carbocycles. The first kappa shape index (κ1) is 19.6. The van der Waals surface area contributed by atoms with E-state index in [-0.39, 0.29) is 29.8 Å². The Morgan fingerprint density at radius 1 is 1.28 bits per heavy atom. The molecule has 6 nitrogen and oxygen atoms in total. The topological polar surface area (TPSA) is 75.3 Å². The zero-order chi connectivity index (χ0) is 20.8. The Balaban J connectivity index is 1.64. The summed E-state index contributed by atoms with van der Waals surface area (Å²) in [6.45, 7) is 5.95. The average Bonchev–Trinajstić information content (AvgIpc) is 3.39. The number of aromatic nitrogens is 2. The number of carbonyl (C=O) groups is 2. The van der Waals surface area contributed by atoms with Crippen molar-refractivity contribution in [1.82, 2.24) is 14.9 Å². The number of nitrogens with one attached hydrogen (secondary N) is 1.